The maximum absolute atomic E-state index is 12.6. The molecule has 0 aromatic heterocycles. The first-order valence-corrected chi connectivity index (χ1v) is 8.30. The van der Waals surface area contributed by atoms with Crippen molar-refractivity contribution in [2.24, 2.45) is 0 Å². The maximum atomic E-state index is 12.6. The molecule has 0 N–H and O–H groups in total. The Bertz CT molecular complexity index is 678. The standard InChI is InChI=1S/C18H19BrN2O/c1-14-5-4-6-15(13-14)20-9-11-21(12-10-20)18(22)16-7-2-3-8-17(16)19/h2-8,13H,9-12H2,1H3. The smallest absolute Gasteiger partial charge is 0.255 e. The molecule has 22 heavy (non-hydrogen) atoms. The van der Waals surface area contributed by atoms with Crippen molar-refractivity contribution >= 4 is 27.5 Å². The Hall–Kier alpha value is -1.81. The van der Waals surface area contributed by atoms with Gasteiger partial charge < -0.3 is 9.80 Å². The third kappa shape index (κ3) is 3.17. The molecule has 1 saturated heterocycles. The number of hydrogen-bond acceptors (Lipinski definition) is 2. The van der Waals surface area contributed by atoms with E-state index < -0.39 is 0 Å². The van der Waals surface area contributed by atoms with Gasteiger partial charge in [-0.2, -0.15) is 0 Å². The zero-order chi connectivity index (χ0) is 15.5. The van der Waals surface area contributed by atoms with Crippen LogP contribution >= 0.6 is 15.9 Å². The van der Waals surface area contributed by atoms with Gasteiger partial charge in [0.25, 0.3) is 5.91 Å². The summed E-state index contributed by atoms with van der Waals surface area (Å²) in [6.07, 6.45) is 0. The lowest BCUT2D eigenvalue weighted by atomic mass is 10.1. The molecule has 3 nitrogen and oxygen atoms in total. The number of amides is 1. The van der Waals surface area contributed by atoms with Gasteiger partial charge in [-0.05, 0) is 52.7 Å². The van der Waals surface area contributed by atoms with Gasteiger partial charge in [0.2, 0.25) is 0 Å². The third-order valence-electron chi connectivity index (χ3n) is 4.04. The molecular formula is C18H19BrN2O. The average Bonchev–Trinajstić information content (AvgIpc) is 2.55. The largest absolute Gasteiger partial charge is 0.368 e. The van der Waals surface area contributed by atoms with Gasteiger partial charge in [-0.1, -0.05) is 24.3 Å². The van der Waals surface area contributed by atoms with Crippen LogP contribution in [0.25, 0.3) is 0 Å². The van der Waals surface area contributed by atoms with Crippen LogP contribution < -0.4 is 4.90 Å². The molecule has 0 saturated carbocycles. The van der Waals surface area contributed by atoms with Gasteiger partial charge in [0, 0.05) is 36.3 Å². The summed E-state index contributed by atoms with van der Waals surface area (Å²) in [6, 6.07) is 16.1. The minimum Gasteiger partial charge on any atom is -0.368 e. The van der Waals surface area contributed by atoms with E-state index in [-0.39, 0.29) is 5.91 Å². The second-order valence-corrected chi connectivity index (χ2v) is 6.45. The molecule has 114 valence electrons. The Morgan fingerprint density at radius 1 is 1.00 bits per heavy atom. The minimum atomic E-state index is 0.108. The molecule has 0 radical (unpaired) electrons. The summed E-state index contributed by atoms with van der Waals surface area (Å²) in [7, 11) is 0. The van der Waals surface area contributed by atoms with E-state index in [9.17, 15) is 4.79 Å². The number of hydrogen-bond donors (Lipinski definition) is 0. The van der Waals surface area contributed by atoms with E-state index in [2.05, 4.69) is 52.0 Å². The molecular weight excluding hydrogens is 340 g/mol. The normalized spacial score (nSPS) is 15.0. The molecule has 1 fully saturated rings. The van der Waals surface area contributed by atoms with Crippen molar-refractivity contribution in [2.75, 3.05) is 31.1 Å². The first-order chi connectivity index (χ1) is 10.6. The monoisotopic (exact) mass is 358 g/mol. The number of nitrogens with zero attached hydrogens (tertiary/aromatic N) is 2. The number of benzene rings is 2. The van der Waals surface area contributed by atoms with E-state index in [0.717, 1.165) is 36.2 Å². The highest BCUT2D eigenvalue weighted by Crippen LogP contribution is 2.21. The fourth-order valence-electron chi connectivity index (χ4n) is 2.80. The summed E-state index contributed by atoms with van der Waals surface area (Å²) in [5.41, 5.74) is 3.25. The second-order valence-electron chi connectivity index (χ2n) is 5.60. The van der Waals surface area contributed by atoms with Crippen molar-refractivity contribution in [3.8, 4) is 0 Å². The Balaban J connectivity index is 1.67. The highest BCUT2D eigenvalue weighted by molar-refractivity contribution is 9.10. The van der Waals surface area contributed by atoms with Crippen LogP contribution in [0.3, 0.4) is 0 Å². The summed E-state index contributed by atoms with van der Waals surface area (Å²) < 4.78 is 0.862. The molecule has 0 aliphatic carbocycles. The fraction of sp³-hybridized carbons (Fsp3) is 0.278. The van der Waals surface area contributed by atoms with Crippen LogP contribution in [0.4, 0.5) is 5.69 Å². The lowest BCUT2D eigenvalue weighted by Gasteiger charge is -2.36. The summed E-state index contributed by atoms with van der Waals surface area (Å²) in [6.45, 7) is 5.37. The van der Waals surface area contributed by atoms with Crippen molar-refractivity contribution in [3.05, 3.63) is 64.1 Å². The number of halogens is 1. The molecule has 4 heteroatoms. The highest BCUT2D eigenvalue weighted by Gasteiger charge is 2.23. The molecule has 0 bridgehead atoms. The minimum absolute atomic E-state index is 0.108. The Labute approximate surface area is 139 Å². The number of carbonyl (C=O) groups excluding carboxylic acids is 1. The van der Waals surface area contributed by atoms with Crippen LogP contribution in [0.15, 0.2) is 53.0 Å². The summed E-state index contributed by atoms with van der Waals surface area (Å²) in [5.74, 6) is 0.108. The fourth-order valence-corrected chi connectivity index (χ4v) is 3.25. The number of anilines is 1. The molecule has 2 aromatic carbocycles. The first-order valence-electron chi connectivity index (χ1n) is 7.50. The van der Waals surface area contributed by atoms with Crippen molar-refractivity contribution in [1.29, 1.82) is 0 Å². The van der Waals surface area contributed by atoms with Crippen molar-refractivity contribution in [3.63, 3.8) is 0 Å². The zero-order valence-electron chi connectivity index (χ0n) is 12.6. The number of rotatable bonds is 2. The number of aryl methyl sites for hydroxylation is 1. The summed E-state index contributed by atoms with van der Waals surface area (Å²) >= 11 is 3.46. The van der Waals surface area contributed by atoms with Gasteiger partial charge in [-0.15, -0.1) is 0 Å². The Morgan fingerprint density at radius 2 is 1.73 bits per heavy atom. The number of piperazine rings is 1. The molecule has 0 unspecified atom stereocenters. The molecule has 0 atom stereocenters. The van der Waals surface area contributed by atoms with Crippen molar-refractivity contribution < 1.29 is 4.79 Å². The van der Waals surface area contributed by atoms with Gasteiger partial charge in [-0.25, -0.2) is 0 Å². The first kappa shape index (κ1) is 15.1. The predicted molar refractivity (Wildman–Crippen MR) is 93.4 cm³/mol. The summed E-state index contributed by atoms with van der Waals surface area (Å²) in [4.78, 5) is 16.9. The van der Waals surface area contributed by atoms with Crippen molar-refractivity contribution in [2.45, 2.75) is 6.92 Å². The van der Waals surface area contributed by atoms with Gasteiger partial charge >= 0.3 is 0 Å². The molecule has 1 aliphatic heterocycles. The van der Waals surface area contributed by atoms with Crippen LogP contribution in [-0.4, -0.2) is 37.0 Å². The molecule has 0 spiro atoms. The van der Waals surface area contributed by atoms with Crippen LogP contribution in [0.5, 0.6) is 0 Å². The lowest BCUT2D eigenvalue weighted by molar-refractivity contribution is 0.0746. The molecule has 1 amide bonds. The van der Waals surface area contributed by atoms with E-state index in [1.807, 2.05) is 29.2 Å². The topological polar surface area (TPSA) is 23.6 Å². The van der Waals surface area contributed by atoms with Gasteiger partial charge in [0.05, 0.1) is 5.56 Å². The van der Waals surface area contributed by atoms with E-state index in [0.29, 0.717) is 0 Å². The van der Waals surface area contributed by atoms with Crippen LogP contribution in [0.2, 0.25) is 0 Å². The Kier molecular flexibility index (Phi) is 4.48. The maximum Gasteiger partial charge on any atom is 0.255 e. The van der Waals surface area contributed by atoms with Gasteiger partial charge in [-0.3, -0.25) is 4.79 Å². The van der Waals surface area contributed by atoms with Crippen LogP contribution in [-0.2, 0) is 0 Å². The Morgan fingerprint density at radius 3 is 2.41 bits per heavy atom. The van der Waals surface area contributed by atoms with E-state index in [1.165, 1.54) is 11.3 Å². The highest BCUT2D eigenvalue weighted by atomic mass is 79.9. The second kappa shape index (κ2) is 6.53. The van der Waals surface area contributed by atoms with Crippen LogP contribution in [0.1, 0.15) is 15.9 Å². The van der Waals surface area contributed by atoms with Gasteiger partial charge in [0.15, 0.2) is 0 Å². The molecule has 3 rings (SSSR count). The zero-order valence-corrected chi connectivity index (χ0v) is 14.2. The lowest BCUT2D eigenvalue weighted by Crippen LogP contribution is -2.48. The van der Waals surface area contributed by atoms with E-state index >= 15 is 0 Å². The average molecular weight is 359 g/mol. The molecule has 1 heterocycles. The quantitative estimate of drug-likeness (QED) is 0.816. The van der Waals surface area contributed by atoms with E-state index in [4.69, 9.17) is 0 Å². The molecule has 1 aliphatic rings. The molecule has 2 aromatic rings. The van der Waals surface area contributed by atoms with Gasteiger partial charge in [0.1, 0.15) is 0 Å². The SMILES string of the molecule is Cc1cccc(N2CCN(C(=O)c3ccccc3Br)CC2)c1. The summed E-state index contributed by atoms with van der Waals surface area (Å²) in [5, 5.41) is 0. The number of carbonyl (C=O) groups is 1. The van der Waals surface area contributed by atoms with Crippen LogP contribution in [0, 0.1) is 6.92 Å². The van der Waals surface area contributed by atoms with Crippen molar-refractivity contribution in [1.82, 2.24) is 4.90 Å². The van der Waals surface area contributed by atoms with E-state index in [1.54, 1.807) is 0 Å². The predicted octanol–water partition coefficient (Wildman–Crippen LogP) is 3.72. The third-order valence-corrected chi connectivity index (χ3v) is 4.73.